The van der Waals surface area contributed by atoms with E-state index in [4.69, 9.17) is 14.5 Å². The molecule has 1 aromatic rings. The van der Waals surface area contributed by atoms with Crippen LogP contribution in [0.3, 0.4) is 0 Å². The average Bonchev–Trinajstić information content (AvgIpc) is 3.49. The smallest absolute Gasteiger partial charge is 0.407 e. The SMILES string of the molecule is CCNC(=NCC(NC(=O)OCC)C1CC1)NC1CC(C)(C)Oc2ccccc21. The Morgan fingerprint density at radius 1 is 1.31 bits per heavy atom. The molecular weight excluding hydrogens is 368 g/mol. The van der Waals surface area contributed by atoms with E-state index in [-0.39, 0.29) is 23.8 Å². The second-order valence-corrected chi connectivity index (χ2v) is 8.33. The number of carbonyl (C=O) groups excluding carboxylic acids is 1. The van der Waals surface area contributed by atoms with Crippen molar-refractivity contribution in [1.29, 1.82) is 0 Å². The second-order valence-electron chi connectivity index (χ2n) is 8.33. The zero-order valence-electron chi connectivity index (χ0n) is 18.0. The number of hydrogen-bond acceptors (Lipinski definition) is 4. The Bertz CT molecular complexity index is 731. The molecule has 0 radical (unpaired) electrons. The van der Waals surface area contributed by atoms with Gasteiger partial charge in [0.25, 0.3) is 0 Å². The molecule has 0 spiro atoms. The predicted octanol–water partition coefficient (Wildman–Crippen LogP) is 3.37. The van der Waals surface area contributed by atoms with Gasteiger partial charge < -0.3 is 25.4 Å². The van der Waals surface area contributed by atoms with Gasteiger partial charge in [-0.25, -0.2) is 4.79 Å². The first-order valence-corrected chi connectivity index (χ1v) is 10.7. The first-order valence-electron chi connectivity index (χ1n) is 10.7. The van der Waals surface area contributed by atoms with Gasteiger partial charge in [-0.15, -0.1) is 0 Å². The third kappa shape index (κ3) is 6.02. The normalized spacial score (nSPS) is 21.4. The average molecular weight is 403 g/mol. The number of alkyl carbamates (subject to hydrolysis) is 1. The van der Waals surface area contributed by atoms with Crippen molar-refractivity contribution in [3.63, 3.8) is 0 Å². The van der Waals surface area contributed by atoms with Crippen LogP contribution >= 0.6 is 0 Å². The standard InChI is InChI=1S/C22H34N4O3/c1-5-23-20(24-14-18(15-11-12-15)26-21(27)28-6-2)25-17-13-22(3,4)29-19-10-8-7-9-16(17)19/h7-10,15,17-18H,5-6,11-14H2,1-4H3,(H,26,27)(H2,23,24,25). The molecule has 29 heavy (non-hydrogen) atoms. The zero-order valence-corrected chi connectivity index (χ0v) is 18.0. The van der Waals surface area contributed by atoms with Crippen LogP contribution in [0.15, 0.2) is 29.3 Å². The van der Waals surface area contributed by atoms with E-state index in [1.807, 2.05) is 32.0 Å². The predicted molar refractivity (Wildman–Crippen MR) is 114 cm³/mol. The highest BCUT2D eigenvalue weighted by molar-refractivity contribution is 5.80. The summed E-state index contributed by atoms with van der Waals surface area (Å²) in [6.45, 7) is 9.73. The van der Waals surface area contributed by atoms with E-state index in [0.717, 1.165) is 43.1 Å². The summed E-state index contributed by atoms with van der Waals surface area (Å²) in [6, 6.07) is 8.25. The summed E-state index contributed by atoms with van der Waals surface area (Å²) in [5, 5.41) is 9.88. The van der Waals surface area contributed by atoms with Crippen LogP contribution < -0.4 is 20.7 Å². The van der Waals surface area contributed by atoms with Crippen molar-refractivity contribution in [2.75, 3.05) is 19.7 Å². The fourth-order valence-corrected chi connectivity index (χ4v) is 3.74. The van der Waals surface area contributed by atoms with Gasteiger partial charge in [0.1, 0.15) is 11.4 Å². The van der Waals surface area contributed by atoms with Crippen molar-refractivity contribution in [2.45, 2.75) is 64.6 Å². The number of amides is 1. The van der Waals surface area contributed by atoms with Crippen molar-refractivity contribution >= 4 is 12.1 Å². The third-order valence-electron chi connectivity index (χ3n) is 5.25. The lowest BCUT2D eigenvalue weighted by molar-refractivity contribution is 0.0694. The van der Waals surface area contributed by atoms with Gasteiger partial charge in [0.2, 0.25) is 0 Å². The number of aliphatic imine (C=N–C) groups is 1. The van der Waals surface area contributed by atoms with E-state index in [1.54, 1.807) is 0 Å². The quantitative estimate of drug-likeness (QED) is 0.481. The van der Waals surface area contributed by atoms with Gasteiger partial charge >= 0.3 is 6.09 Å². The number of ether oxygens (including phenoxy) is 2. The summed E-state index contributed by atoms with van der Waals surface area (Å²) < 4.78 is 11.2. The van der Waals surface area contributed by atoms with Crippen LogP contribution in [0.4, 0.5) is 4.79 Å². The number of para-hydroxylation sites is 1. The molecule has 3 N–H and O–H groups in total. The monoisotopic (exact) mass is 402 g/mol. The van der Waals surface area contributed by atoms with Crippen LogP contribution in [-0.4, -0.2) is 43.4 Å². The van der Waals surface area contributed by atoms with Crippen molar-refractivity contribution in [3.05, 3.63) is 29.8 Å². The van der Waals surface area contributed by atoms with Crippen LogP contribution in [-0.2, 0) is 4.74 Å². The topological polar surface area (TPSA) is 84.0 Å². The number of rotatable bonds is 7. The number of guanidine groups is 1. The van der Waals surface area contributed by atoms with Gasteiger partial charge in [-0.3, -0.25) is 4.99 Å². The molecule has 1 aliphatic heterocycles. The van der Waals surface area contributed by atoms with Crippen LogP contribution in [0.25, 0.3) is 0 Å². The molecule has 1 fully saturated rings. The Kier molecular flexibility index (Phi) is 6.87. The maximum Gasteiger partial charge on any atom is 0.407 e. The molecule has 1 aromatic carbocycles. The van der Waals surface area contributed by atoms with Crippen LogP contribution in [0.5, 0.6) is 5.75 Å². The van der Waals surface area contributed by atoms with E-state index < -0.39 is 0 Å². The molecule has 3 rings (SSSR count). The van der Waals surface area contributed by atoms with Crippen LogP contribution in [0, 0.1) is 5.92 Å². The molecule has 2 atom stereocenters. The highest BCUT2D eigenvalue weighted by Gasteiger charge is 2.35. The molecule has 160 valence electrons. The number of nitrogens with one attached hydrogen (secondary N) is 3. The minimum absolute atomic E-state index is 0.00271. The number of fused-ring (bicyclic) bond motifs is 1. The van der Waals surface area contributed by atoms with Crippen molar-refractivity contribution in [3.8, 4) is 5.75 Å². The highest BCUT2D eigenvalue weighted by atomic mass is 16.5. The Labute approximate surface area is 173 Å². The second kappa shape index (κ2) is 9.37. The highest BCUT2D eigenvalue weighted by Crippen LogP contribution is 2.39. The molecule has 1 saturated carbocycles. The van der Waals surface area contributed by atoms with E-state index in [9.17, 15) is 4.79 Å². The van der Waals surface area contributed by atoms with Crippen LogP contribution in [0.2, 0.25) is 0 Å². The van der Waals surface area contributed by atoms with Crippen molar-refractivity contribution in [2.24, 2.45) is 10.9 Å². The Hall–Kier alpha value is -2.44. The summed E-state index contributed by atoms with van der Waals surface area (Å²) >= 11 is 0. The van der Waals surface area contributed by atoms with Crippen molar-refractivity contribution in [1.82, 2.24) is 16.0 Å². The van der Waals surface area contributed by atoms with Gasteiger partial charge in [-0.1, -0.05) is 18.2 Å². The number of nitrogens with zero attached hydrogens (tertiary/aromatic N) is 1. The first kappa shape index (κ1) is 21.3. The van der Waals surface area contributed by atoms with Crippen LogP contribution in [0.1, 0.15) is 58.6 Å². The molecule has 2 unspecified atom stereocenters. The Morgan fingerprint density at radius 2 is 2.07 bits per heavy atom. The Morgan fingerprint density at radius 3 is 2.76 bits per heavy atom. The molecule has 7 nitrogen and oxygen atoms in total. The van der Waals surface area contributed by atoms with E-state index in [1.165, 1.54) is 0 Å². The summed E-state index contributed by atoms with van der Waals surface area (Å²) in [7, 11) is 0. The fourth-order valence-electron chi connectivity index (χ4n) is 3.74. The summed E-state index contributed by atoms with van der Waals surface area (Å²) in [5.74, 6) is 2.15. The summed E-state index contributed by atoms with van der Waals surface area (Å²) in [4.78, 5) is 16.6. The maximum atomic E-state index is 11.9. The third-order valence-corrected chi connectivity index (χ3v) is 5.25. The lowest BCUT2D eigenvalue weighted by Gasteiger charge is -2.38. The maximum absolute atomic E-state index is 11.9. The summed E-state index contributed by atoms with van der Waals surface area (Å²) in [5.41, 5.74) is 0.881. The number of benzene rings is 1. The van der Waals surface area contributed by atoms with E-state index in [2.05, 4.69) is 35.9 Å². The minimum Gasteiger partial charge on any atom is -0.487 e. The number of carbonyl (C=O) groups is 1. The van der Waals surface area contributed by atoms with E-state index >= 15 is 0 Å². The van der Waals surface area contributed by atoms with Gasteiger partial charge in [0, 0.05) is 18.5 Å². The van der Waals surface area contributed by atoms with E-state index in [0.29, 0.717) is 19.1 Å². The fraction of sp³-hybridized carbons (Fsp3) is 0.636. The molecule has 1 amide bonds. The summed E-state index contributed by atoms with van der Waals surface area (Å²) in [6.07, 6.45) is 2.72. The molecular formula is C22H34N4O3. The molecule has 0 aromatic heterocycles. The molecule has 1 aliphatic carbocycles. The Balaban J connectivity index is 1.71. The van der Waals surface area contributed by atoms with Gasteiger partial charge in [-0.2, -0.15) is 0 Å². The number of hydrogen-bond donors (Lipinski definition) is 3. The first-order chi connectivity index (χ1) is 13.9. The van der Waals surface area contributed by atoms with Crippen molar-refractivity contribution < 1.29 is 14.3 Å². The molecule has 1 heterocycles. The largest absolute Gasteiger partial charge is 0.487 e. The lowest BCUT2D eigenvalue weighted by Crippen LogP contribution is -2.46. The molecule has 2 aliphatic rings. The van der Waals surface area contributed by atoms with Gasteiger partial charge in [-0.05, 0) is 52.5 Å². The lowest BCUT2D eigenvalue weighted by atomic mass is 9.90. The minimum atomic E-state index is -0.363. The molecule has 0 saturated heterocycles. The molecule has 7 heteroatoms. The zero-order chi connectivity index (χ0) is 20.9. The van der Waals surface area contributed by atoms with Gasteiger partial charge in [0.15, 0.2) is 5.96 Å². The molecule has 0 bridgehead atoms. The van der Waals surface area contributed by atoms with Gasteiger partial charge in [0.05, 0.1) is 25.2 Å².